The van der Waals surface area contributed by atoms with Crippen LogP contribution in [0, 0.1) is 11.8 Å². The van der Waals surface area contributed by atoms with Gasteiger partial charge in [0.25, 0.3) is 0 Å². The fourth-order valence-electron chi connectivity index (χ4n) is 2.80. The van der Waals surface area contributed by atoms with Gasteiger partial charge in [-0.25, -0.2) is 9.97 Å². The molecule has 0 radical (unpaired) electrons. The summed E-state index contributed by atoms with van der Waals surface area (Å²) < 4.78 is 0. The smallest absolute Gasteiger partial charge is 0.225 e. The maximum atomic E-state index is 12.2. The minimum atomic E-state index is 0.0362. The van der Waals surface area contributed by atoms with Crippen LogP contribution in [0.3, 0.4) is 0 Å². The Bertz CT molecular complexity index is 539. The Morgan fingerprint density at radius 2 is 1.48 bits per heavy atom. The second kappa shape index (κ2) is 7.39. The first-order valence-electron chi connectivity index (χ1n) is 8.31. The van der Waals surface area contributed by atoms with Gasteiger partial charge in [-0.1, -0.05) is 0 Å². The van der Waals surface area contributed by atoms with Crippen molar-refractivity contribution in [2.75, 3.05) is 31.1 Å². The van der Waals surface area contributed by atoms with Crippen LogP contribution in [0.4, 0.5) is 5.95 Å². The molecule has 0 unspecified atom stereocenters. The molecule has 0 spiro atoms. The van der Waals surface area contributed by atoms with Gasteiger partial charge in [0.05, 0.1) is 0 Å². The van der Waals surface area contributed by atoms with Crippen LogP contribution in [-0.2, 0) is 9.59 Å². The van der Waals surface area contributed by atoms with E-state index in [1.54, 1.807) is 18.5 Å². The molecule has 1 aliphatic carbocycles. The summed E-state index contributed by atoms with van der Waals surface area (Å²) in [5, 5.41) is 5.77. The predicted octanol–water partition coefficient (Wildman–Crippen LogP) is 0.335. The normalized spacial score (nSPS) is 18.5. The molecule has 2 heterocycles. The summed E-state index contributed by atoms with van der Waals surface area (Å²) in [4.78, 5) is 34.2. The van der Waals surface area contributed by atoms with E-state index in [2.05, 4.69) is 25.5 Å². The zero-order valence-corrected chi connectivity index (χ0v) is 13.2. The molecule has 7 heteroatoms. The fraction of sp³-hybridized carbons (Fsp3) is 0.625. The second-order valence-corrected chi connectivity index (χ2v) is 6.17. The highest BCUT2D eigenvalue weighted by Crippen LogP contribution is 2.28. The molecule has 2 N–H and O–H groups in total. The lowest BCUT2D eigenvalue weighted by Crippen LogP contribution is -2.43. The number of nitrogens with zero attached hydrogens (tertiary/aromatic N) is 3. The van der Waals surface area contributed by atoms with E-state index in [0.29, 0.717) is 13.1 Å². The number of piperidine rings is 1. The van der Waals surface area contributed by atoms with Crippen molar-refractivity contribution in [1.29, 1.82) is 0 Å². The number of nitrogens with one attached hydrogen (secondary N) is 2. The first-order chi connectivity index (χ1) is 11.2. The molecule has 2 amide bonds. The Morgan fingerprint density at radius 1 is 0.957 bits per heavy atom. The standard InChI is InChI=1S/C16H23N5O2/c22-14(12-2-3-12)17-8-9-18-15(23)13-4-10-21(11-5-13)16-19-6-1-7-20-16/h1,6-7,12-13H,2-5,8-11H2,(H,17,22)(H,18,23). The summed E-state index contributed by atoms with van der Waals surface area (Å²) in [6, 6.07) is 1.80. The Hall–Kier alpha value is -2.18. The van der Waals surface area contributed by atoms with Gasteiger partial charge in [-0.05, 0) is 31.7 Å². The third-order valence-corrected chi connectivity index (χ3v) is 4.37. The molecule has 1 saturated carbocycles. The number of anilines is 1. The quantitative estimate of drug-likeness (QED) is 0.739. The second-order valence-electron chi connectivity index (χ2n) is 6.17. The fourth-order valence-corrected chi connectivity index (χ4v) is 2.80. The summed E-state index contributed by atoms with van der Waals surface area (Å²) >= 11 is 0. The van der Waals surface area contributed by atoms with E-state index in [0.717, 1.165) is 44.7 Å². The third-order valence-electron chi connectivity index (χ3n) is 4.37. The molecular weight excluding hydrogens is 294 g/mol. The van der Waals surface area contributed by atoms with E-state index in [1.807, 2.05) is 0 Å². The molecule has 1 aliphatic heterocycles. The zero-order chi connectivity index (χ0) is 16.1. The van der Waals surface area contributed by atoms with Crippen LogP contribution >= 0.6 is 0 Å². The van der Waals surface area contributed by atoms with Crippen LogP contribution in [0.1, 0.15) is 25.7 Å². The van der Waals surface area contributed by atoms with Crippen molar-refractivity contribution >= 4 is 17.8 Å². The number of aromatic nitrogens is 2. The minimum Gasteiger partial charge on any atom is -0.354 e. The van der Waals surface area contributed by atoms with Gasteiger partial charge in [0.1, 0.15) is 0 Å². The van der Waals surface area contributed by atoms with E-state index >= 15 is 0 Å². The maximum absolute atomic E-state index is 12.2. The molecule has 0 atom stereocenters. The van der Waals surface area contributed by atoms with Crippen molar-refractivity contribution in [1.82, 2.24) is 20.6 Å². The van der Waals surface area contributed by atoms with Crippen LogP contribution < -0.4 is 15.5 Å². The predicted molar refractivity (Wildman–Crippen MR) is 85.7 cm³/mol. The highest BCUT2D eigenvalue weighted by Gasteiger charge is 2.29. The molecule has 2 aliphatic rings. The van der Waals surface area contributed by atoms with Gasteiger partial charge < -0.3 is 15.5 Å². The summed E-state index contributed by atoms with van der Waals surface area (Å²) in [5.74, 6) is 1.19. The van der Waals surface area contributed by atoms with Gasteiger partial charge in [0, 0.05) is 50.4 Å². The van der Waals surface area contributed by atoms with Gasteiger partial charge in [-0.2, -0.15) is 0 Å². The number of carbonyl (C=O) groups excluding carboxylic acids is 2. The van der Waals surface area contributed by atoms with Crippen molar-refractivity contribution < 1.29 is 9.59 Å². The van der Waals surface area contributed by atoms with Crippen LogP contribution in [0.5, 0.6) is 0 Å². The van der Waals surface area contributed by atoms with Crippen molar-refractivity contribution in [3.63, 3.8) is 0 Å². The number of hydrogen-bond donors (Lipinski definition) is 2. The lowest BCUT2D eigenvalue weighted by molar-refractivity contribution is -0.126. The number of rotatable bonds is 6. The summed E-state index contributed by atoms with van der Waals surface area (Å²) in [6.45, 7) is 2.60. The van der Waals surface area contributed by atoms with Crippen molar-refractivity contribution in [2.45, 2.75) is 25.7 Å². The Balaban J connectivity index is 1.34. The molecule has 1 saturated heterocycles. The average Bonchev–Trinajstić information content (AvgIpc) is 3.44. The van der Waals surface area contributed by atoms with Crippen LogP contribution in [-0.4, -0.2) is 48.0 Å². The Morgan fingerprint density at radius 3 is 2.00 bits per heavy atom. The molecule has 7 nitrogen and oxygen atoms in total. The molecule has 1 aromatic heterocycles. The lowest BCUT2D eigenvalue weighted by Gasteiger charge is -2.31. The number of amides is 2. The van der Waals surface area contributed by atoms with Crippen molar-refractivity contribution in [3.05, 3.63) is 18.5 Å². The summed E-state index contributed by atoms with van der Waals surface area (Å²) in [6.07, 6.45) is 7.08. The maximum Gasteiger partial charge on any atom is 0.225 e. The Kier molecular flexibility index (Phi) is 5.05. The molecule has 23 heavy (non-hydrogen) atoms. The highest BCUT2D eigenvalue weighted by atomic mass is 16.2. The van der Waals surface area contributed by atoms with E-state index < -0.39 is 0 Å². The minimum absolute atomic E-state index is 0.0362. The van der Waals surface area contributed by atoms with Gasteiger partial charge in [-0.3, -0.25) is 9.59 Å². The van der Waals surface area contributed by atoms with E-state index in [-0.39, 0.29) is 23.7 Å². The van der Waals surface area contributed by atoms with Crippen LogP contribution in [0.2, 0.25) is 0 Å². The zero-order valence-electron chi connectivity index (χ0n) is 13.2. The largest absolute Gasteiger partial charge is 0.354 e. The monoisotopic (exact) mass is 317 g/mol. The third kappa shape index (κ3) is 4.40. The van der Waals surface area contributed by atoms with Gasteiger partial charge >= 0.3 is 0 Å². The first kappa shape index (κ1) is 15.7. The summed E-state index contributed by atoms with van der Waals surface area (Å²) in [5.41, 5.74) is 0. The highest BCUT2D eigenvalue weighted by molar-refractivity contribution is 5.81. The molecule has 3 rings (SSSR count). The lowest BCUT2D eigenvalue weighted by atomic mass is 9.96. The topological polar surface area (TPSA) is 87.2 Å². The first-order valence-corrected chi connectivity index (χ1v) is 8.31. The van der Waals surface area contributed by atoms with E-state index in [1.165, 1.54) is 0 Å². The van der Waals surface area contributed by atoms with Gasteiger partial charge in [0.15, 0.2) is 0 Å². The van der Waals surface area contributed by atoms with E-state index in [4.69, 9.17) is 0 Å². The molecule has 2 fully saturated rings. The van der Waals surface area contributed by atoms with Crippen molar-refractivity contribution in [3.8, 4) is 0 Å². The van der Waals surface area contributed by atoms with Gasteiger partial charge in [-0.15, -0.1) is 0 Å². The molecule has 0 aromatic carbocycles. The van der Waals surface area contributed by atoms with Crippen molar-refractivity contribution in [2.24, 2.45) is 11.8 Å². The van der Waals surface area contributed by atoms with Crippen LogP contribution in [0.25, 0.3) is 0 Å². The van der Waals surface area contributed by atoms with Crippen LogP contribution in [0.15, 0.2) is 18.5 Å². The Labute approximate surface area is 135 Å². The summed E-state index contributed by atoms with van der Waals surface area (Å²) in [7, 11) is 0. The molecule has 0 bridgehead atoms. The van der Waals surface area contributed by atoms with Gasteiger partial charge in [0.2, 0.25) is 17.8 Å². The van der Waals surface area contributed by atoms with E-state index in [9.17, 15) is 9.59 Å². The number of carbonyl (C=O) groups is 2. The molecule has 124 valence electrons. The molecule has 1 aromatic rings. The SMILES string of the molecule is O=C(NCCNC(=O)C1CCN(c2ncccn2)CC1)C1CC1. The molecular formula is C16H23N5O2. The average molecular weight is 317 g/mol. The number of hydrogen-bond acceptors (Lipinski definition) is 5.